The van der Waals surface area contributed by atoms with E-state index in [1.807, 2.05) is 26.2 Å². The van der Waals surface area contributed by atoms with Gasteiger partial charge in [0.05, 0.1) is 17.7 Å². The van der Waals surface area contributed by atoms with Gasteiger partial charge in [0.15, 0.2) is 0 Å². The summed E-state index contributed by atoms with van der Waals surface area (Å²) in [4.78, 5) is 17.2. The van der Waals surface area contributed by atoms with Crippen molar-refractivity contribution in [1.82, 2.24) is 9.88 Å². The standard InChI is InChI=1S/C10H16N2O2S.2ClH/c1-10(2,3)14-9(13)12(4)5-8-6-15-7-11-8;;/h6-7H,5H2,1-4H3;2*1H. The van der Waals surface area contributed by atoms with Gasteiger partial charge in [0, 0.05) is 12.4 Å². The predicted molar refractivity (Wildman–Crippen MR) is 74.3 cm³/mol. The van der Waals surface area contributed by atoms with Crippen molar-refractivity contribution >= 4 is 42.2 Å². The Morgan fingerprint density at radius 3 is 2.47 bits per heavy atom. The van der Waals surface area contributed by atoms with Gasteiger partial charge >= 0.3 is 6.09 Å². The van der Waals surface area contributed by atoms with Gasteiger partial charge < -0.3 is 9.64 Å². The largest absolute Gasteiger partial charge is 0.444 e. The van der Waals surface area contributed by atoms with E-state index in [-0.39, 0.29) is 30.9 Å². The lowest BCUT2D eigenvalue weighted by Gasteiger charge is -2.24. The molecule has 17 heavy (non-hydrogen) atoms. The molecule has 1 amide bonds. The van der Waals surface area contributed by atoms with E-state index in [2.05, 4.69) is 4.98 Å². The lowest BCUT2D eigenvalue weighted by Crippen LogP contribution is -2.33. The molecule has 0 N–H and O–H groups in total. The van der Waals surface area contributed by atoms with Gasteiger partial charge in [-0.2, -0.15) is 0 Å². The lowest BCUT2D eigenvalue weighted by atomic mass is 10.2. The third kappa shape index (κ3) is 7.41. The second-order valence-corrected chi connectivity index (χ2v) is 5.03. The first-order valence-electron chi connectivity index (χ1n) is 4.69. The topological polar surface area (TPSA) is 42.4 Å². The molecule has 0 aliphatic carbocycles. The van der Waals surface area contributed by atoms with E-state index in [9.17, 15) is 4.79 Å². The van der Waals surface area contributed by atoms with Crippen LogP contribution < -0.4 is 0 Å². The molecule has 1 aromatic heterocycles. The van der Waals surface area contributed by atoms with Gasteiger partial charge in [-0.05, 0) is 20.8 Å². The Bertz CT molecular complexity index is 326. The number of nitrogens with zero attached hydrogens (tertiary/aromatic N) is 2. The fraction of sp³-hybridized carbons (Fsp3) is 0.600. The third-order valence-electron chi connectivity index (χ3n) is 1.59. The molecule has 7 heteroatoms. The molecule has 0 spiro atoms. The van der Waals surface area contributed by atoms with E-state index in [0.717, 1.165) is 5.69 Å². The molecule has 0 saturated carbocycles. The number of halogens is 2. The summed E-state index contributed by atoms with van der Waals surface area (Å²) in [5.41, 5.74) is 2.18. The van der Waals surface area contributed by atoms with Crippen LogP contribution in [0.2, 0.25) is 0 Å². The van der Waals surface area contributed by atoms with Crippen LogP contribution in [-0.2, 0) is 11.3 Å². The van der Waals surface area contributed by atoms with Crippen molar-refractivity contribution in [3.8, 4) is 0 Å². The highest BCUT2D eigenvalue weighted by atomic mass is 35.5. The van der Waals surface area contributed by atoms with Crippen LogP contribution in [0.4, 0.5) is 4.79 Å². The van der Waals surface area contributed by atoms with Gasteiger partial charge in [-0.3, -0.25) is 0 Å². The quantitative estimate of drug-likeness (QED) is 0.841. The first-order chi connectivity index (χ1) is 6.88. The van der Waals surface area contributed by atoms with E-state index in [1.54, 1.807) is 12.6 Å². The molecular weight excluding hydrogens is 283 g/mol. The number of aromatic nitrogens is 1. The van der Waals surface area contributed by atoms with Crippen LogP contribution in [0.5, 0.6) is 0 Å². The fourth-order valence-electron chi connectivity index (χ4n) is 0.963. The number of ether oxygens (including phenoxy) is 1. The van der Waals surface area contributed by atoms with Crippen molar-refractivity contribution in [2.45, 2.75) is 32.9 Å². The Labute approximate surface area is 118 Å². The molecule has 0 aromatic carbocycles. The van der Waals surface area contributed by atoms with Gasteiger partial charge in [-0.25, -0.2) is 9.78 Å². The normalized spacial score (nSPS) is 9.88. The molecule has 0 bridgehead atoms. The highest BCUT2D eigenvalue weighted by Gasteiger charge is 2.19. The van der Waals surface area contributed by atoms with Crippen LogP contribution in [0.3, 0.4) is 0 Å². The average molecular weight is 301 g/mol. The summed E-state index contributed by atoms with van der Waals surface area (Å²) >= 11 is 1.52. The maximum Gasteiger partial charge on any atom is 0.410 e. The van der Waals surface area contributed by atoms with Crippen molar-refractivity contribution in [2.75, 3.05) is 7.05 Å². The Morgan fingerprint density at radius 1 is 1.47 bits per heavy atom. The Kier molecular flexibility index (Phi) is 8.57. The number of rotatable bonds is 2. The Balaban J connectivity index is 0. The summed E-state index contributed by atoms with van der Waals surface area (Å²) in [5, 5.41) is 1.92. The fourth-order valence-corrected chi connectivity index (χ4v) is 1.51. The van der Waals surface area contributed by atoms with Gasteiger partial charge in [-0.1, -0.05) is 0 Å². The highest BCUT2D eigenvalue weighted by Crippen LogP contribution is 2.11. The summed E-state index contributed by atoms with van der Waals surface area (Å²) in [6.07, 6.45) is -0.324. The van der Waals surface area contributed by atoms with Gasteiger partial charge in [0.2, 0.25) is 0 Å². The maximum absolute atomic E-state index is 11.6. The molecule has 1 aromatic rings. The molecule has 0 radical (unpaired) electrons. The number of hydrogen-bond donors (Lipinski definition) is 0. The van der Waals surface area contributed by atoms with Gasteiger partial charge in [0.1, 0.15) is 5.60 Å². The van der Waals surface area contributed by atoms with Crippen molar-refractivity contribution in [2.24, 2.45) is 0 Å². The molecule has 0 atom stereocenters. The molecule has 0 aliphatic heterocycles. The van der Waals surface area contributed by atoms with E-state index < -0.39 is 5.60 Å². The van der Waals surface area contributed by atoms with Crippen LogP contribution in [0.15, 0.2) is 10.9 Å². The number of carbonyl (C=O) groups excluding carboxylic acids is 1. The van der Waals surface area contributed by atoms with Crippen molar-refractivity contribution in [3.63, 3.8) is 0 Å². The summed E-state index contributed by atoms with van der Waals surface area (Å²) in [5.74, 6) is 0. The average Bonchev–Trinajstić information content (AvgIpc) is 2.53. The molecule has 0 aliphatic rings. The van der Waals surface area contributed by atoms with Crippen molar-refractivity contribution in [1.29, 1.82) is 0 Å². The summed E-state index contributed by atoms with van der Waals surface area (Å²) in [7, 11) is 1.70. The second kappa shape index (κ2) is 7.74. The molecular formula is C10H18Cl2N2O2S. The smallest absolute Gasteiger partial charge is 0.410 e. The van der Waals surface area contributed by atoms with Crippen LogP contribution in [0.1, 0.15) is 26.5 Å². The number of hydrogen-bond acceptors (Lipinski definition) is 4. The van der Waals surface area contributed by atoms with E-state index in [0.29, 0.717) is 6.54 Å². The number of amides is 1. The van der Waals surface area contributed by atoms with Crippen LogP contribution >= 0.6 is 36.2 Å². The van der Waals surface area contributed by atoms with Gasteiger partial charge in [-0.15, -0.1) is 36.2 Å². The van der Waals surface area contributed by atoms with Crippen LogP contribution in [0, 0.1) is 0 Å². The molecule has 0 saturated heterocycles. The minimum Gasteiger partial charge on any atom is -0.444 e. The van der Waals surface area contributed by atoms with E-state index in [4.69, 9.17) is 4.74 Å². The second-order valence-electron chi connectivity index (χ2n) is 4.32. The van der Waals surface area contributed by atoms with Gasteiger partial charge in [0.25, 0.3) is 0 Å². The van der Waals surface area contributed by atoms with E-state index >= 15 is 0 Å². The minimum atomic E-state index is -0.451. The van der Waals surface area contributed by atoms with E-state index in [1.165, 1.54) is 16.2 Å². The Morgan fingerprint density at radius 2 is 2.06 bits per heavy atom. The highest BCUT2D eigenvalue weighted by molar-refractivity contribution is 7.07. The van der Waals surface area contributed by atoms with Crippen molar-refractivity contribution in [3.05, 3.63) is 16.6 Å². The monoisotopic (exact) mass is 300 g/mol. The minimum absolute atomic E-state index is 0. The lowest BCUT2D eigenvalue weighted by molar-refractivity contribution is 0.0283. The zero-order chi connectivity index (χ0) is 11.5. The third-order valence-corrected chi connectivity index (χ3v) is 2.22. The zero-order valence-electron chi connectivity index (χ0n) is 10.3. The summed E-state index contributed by atoms with van der Waals surface area (Å²) in [6, 6.07) is 0. The molecule has 1 rings (SSSR count). The first-order valence-corrected chi connectivity index (χ1v) is 5.64. The molecule has 4 nitrogen and oxygen atoms in total. The summed E-state index contributed by atoms with van der Waals surface area (Å²) < 4.78 is 5.21. The predicted octanol–water partition coefficient (Wildman–Crippen LogP) is 3.35. The van der Waals surface area contributed by atoms with Crippen LogP contribution in [-0.4, -0.2) is 28.6 Å². The molecule has 0 fully saturated rings. The molecule has 100 valence electrons. The maximum atomic E-state index is 11.6. The van der Waals surface area contributed by atoms with Crippen molar-refractivity contribution < 1.29 is 9.53 Å². The molecule has 1 heterocycles. The number of thiazole rings is 1. The zero-order valence-corrected chi connectivity index (χ0v) is 12.7. The SMILES string of the molecule is CN(Cc1cscn1)C(=O)OC(C)(C)C.Cl.Cl. The number of carbonyl (C=O) groups is 1. The first kappa shape index (κ1) is 18.8. The Hall–Kier alpha value is -0.520. The molecule has 0 unspecified atom stereocenters. The summed E-state index contributed by atoms with van der Waals surface area (Å²) in [6.45, 7) is 6.03. The van der Waals surface area contributed by atoms with Crippen LogP contribution in [0.25, 0.3) is 0 Å².